The van der Waals surface area contributed by atoms with Crippen molar-refractivity contribution in [2.45, 2.75) is 19.0 Å². The molecule has 2 aromatic carbocycles. The van der Waals surface area contributed by atoms with E-state index in [2.05, 4.69) is 58.2 Å². The van der Waals surface area contributed by atoms with Gasteiger partial charge in [0.1, 0.15) is 0 Å². The van der Waals surface area contributed by atoms with Gasteiger partial charge in [-0.3, -0.25) is 4.90 Å². The van der Waals surface area contributed by atoms with Crippen molar-refractivity contribution in [1.82, 2.24) is 4.90 Å². The Hall–Kier alpha value is -1.23. The zero-order valence-corrected chi connectivity index (χ0v) is 14.4. The van der Waals surface area contributed by atoms with Crippen molar-refractivity contribution in [2.75, 3.05) is 7.05 Å². The summed E-state index contributed by atoms with van der Waals surface area (Å²) in [6.45, 7) is 0.837. The zero-order chi connectivity index (χ0) is 15.2. The number of thiocarbonyl (C=S) groups is 1. The van der Waals surface area contributed by atoms with E-state index in [-0.39, 0.29) is 6.04 Å². The number of hydrogen-bond donors (Lipinski definition) is 1. The van der Waals surface area contributed by atoms with E-state index in [1.54, 1.807) is 0 Å². The van der Waals surface area contributed by atoms with Gasteiger partial charge in [-0.15, -0.1) is 0 Å². The van der Waals surface area contributed by atoms with Crippen LogP contribution < -0.4 is 5.73 Å². The summed E-state index contributed by atoms with van der Waals surface area (Å²) in [6, 6.07) is 18.8. The highest BCUT2D eigenvalue weighted by Gasteiger charge is 2.18. The van der Waals surface area contributed by atoms with Gasteiger partial charge in [-0.05, 0) is 24.2 Å². The SMILES string of the molecule is CN(Cc1ccccc1Br)C(CC(N)=S)c1ccccc1. The molecular formula is C17H19BrN2S. The Morgan fingerprint density at radius 1 is 1.14 bits per heavy atom. The summed E-state index contributed by atoms with van der Waals surface area (Å²) in [5, 5.41) is 0. The van der Waals surface area contributed by atoms with E-state index in [0.717, 1.165) is 11.0 Å². The summed E-state index contributed by atoms with van der Waals surface area (Å²) >= 11 is 8.73. The Morgan fingerprint density at radius 3 is 2.38 bits per heavy atom. The van der Waals surface area contributed by atoms with Gasteiger partial charge in [0, 0.05) is 23.5 Å². The third-order valence-electron chi connectivity index (χ3n) is 3.49. The molecule has 0 radical (unpaired) electrons. The Balaban J connectivity index is 2.20. The maximum atomic E-state index is 5.79. The zero-order valence-electron chi connectivity index (χ0n) is 12.0. The highest BCUT2D eigenvalue weighted by Crippen LogP contribution is 2.26. The molecule has 21 heavy (non-hydrogen) atoms. The average molecular weight is 363 g/mol. The summed E-state index contributed by atoms with van der Waals surface area (Å²) < 4.78 is 1.12. The van der Waals surface area contributed by atoms with Gasteiger partial charge >= 0.3 is 0 Å². The van der Waals surface area contributed by atoms with Crippen molar-refractivity contribution in [3.63, 3.8) is 0 Å². The first-order valence-corrected chi connectivity index (χ1v) is 8.05. The van der Waals surface area contributed by atoms with Crippen LogP contribution in [0.3, 0.4) is 0 Å². The van der Waals surface area contributed by atoms with Crippen LogP contribution in [-0.2, 0) is 6.54 Å². The molecule has 0 spiro atoms. The predicted molar refractivity (Wildman–Crippen MR) is 96.2 cm³/mol. The van der Waals surface area contributed by atoms with Crippen LogP contribution in [-0.4, -0.2) is 16.9 Å². The van der Waals surface area contributed by atoms with E-state index in [4.69, 9.17) is 18.0 Å². The molecule has 2 rings (SSSR count). The van der Waals surface area contributed by atoms with Crippen LogP contribution >= 0.6 is 28.1 Å². The van der Waals surface area contributed by atoms with Crippen LogP contribution in [0.2, 0.25) is 0 Å². The maximum absolute atomic E-state index is 5.79. The molecule has 0 aromatic heterocycles. The van der Waals surface area contributed by atoms with Crippen LogP contribution in [0, 0.1) is 0 Å². The molecule has 0 aliphatic heterocycles. The molecule has 2 aromatic rings. The van der Waals surface area contributed by atoms with E-state index in [9.17, 15) is 0 Å². The van der Waals surface area contributed by atoms with E-state index >= 15 is 0 Å². The lowest BCUT2D eigenvalue weighted by atomic mass is 10.0. The summed E-state index contributed by atoms with van der Waals surface area (Å²) in [5.41, 5.74) is 8.28. The minimum Gasteiger partial charge on any atom is -0.393 e. The lowest BCUT2D eigenvalue weighted by Crippen LogP contribution is -2.28. The van der Waals surface area contributed by atoms with Crippen LogP contribution in [0.4, 0.5) is 0 Å². The largest absolute Gasteiger partial charge is 0.393 e. The second kappa shape index (κ2) is 7.69. The van der Waals surface area contributed by atoms with Gasteiger partial charge in [-0.1, -0.05) is 76.7 Å². The molecule has 2 nitrogen and oxygen atoms in total. The third-order valence-corrected chi connectivity index (χ3v) is 4.43. The first kappa shape index (κ1) is 16.1. The van der Waals surface area contributed by atoms with Gasteiger partial charge in [0.05, 0.1) is 4.99 Å². The van der Waals surface area contributed by atoms with Gasteiger partial charge in [-0.2, -0.15) is 0 Å². The molecule has 0 aliphatic carbocycles. The smallest absolute Gasteiger partial charge is 0.0746 e. The molecule has 0 heterocycles. The lowest BCUT2D eigenvalue weighted by molar-refractivity contribution is 0.241. The van der Waals surface area contributed by atoms with E-state index in [0.29, 0.717) is 11.4 Å². The van der Waals surface area contributed by atoms with Gasteiger partial charge < -0.3 is 5.73 Å². The molecule has 1 unspecified atom stereocenters. The summed E-state index contributed by atoms with van der Waals surface area (Å²) in [4.78, 5) is 2.83. The van der Waals surface area contributed by atoms with Crippen molar-refractivity contribution in [3.05, 3.63) is 70.2 Å². The minimum atomic E-state index is 0.191. The van der Waals surface area contributed by atoms with Crippen molar-refractivity contribution >= 4 is 33.1 Å². The Kier molecular flexibility index (Phi) is 5.91. The van der Waals surface area contributed by atoms with E-state index in [1.807, 2.05) is 24.3 Å². The molecule has 0 saturated carbocycles. The molecule has 1 atom stereocenters. The van der Waals surface area contributed by atoms with Crippen LogP contribution in [0.1, 0.15) is 23.6 Å². The molecule has 4 heteroatoms. The van der Waals surface area contributed by atoms with Crippen LogP contribution in [0.15, 0.2) is 59.1 Å². The first-order chi connectivity index (χ1) is 10.1. The Labute approximate surface area is 140 Å². The number of benzene rings is 2. The van der Waals surface area contributed by atoms with Crippen molar-refractivity contribution in [1.29, 1.82) is 0 Å². The fourth-order valence-corrected chi connectivity index (χ4v) is 2.97. The van der Waals surface area contributed by atoms with Gasteiger partial charge in [-0.25, -0.2) is 0 Å². The summed E-state index contributed by atoms with van der Waals surface area (Å²) in [7, 11) is 2.11. The van der Waals surface area contributed by atoms with Gasteiger partial charge in [0.25, 0.3) is 0 Å². The van der Waals surface area contributed by atoms with Crippen molar-refractivity contribution in [3.8, 4) is 0 Å². The lowest BCUT2D eigenvalue weighted by Gasteiger charge is -2.28. The Morgan fingerprint density at radius 2 is 1.76 bits per heavy atom. The molecular weight excluding hydrogens is 344 g/mol. The number of nitrogens with two attached hydrogens (primary N) is 1. The number of rotatable bonds is 6. The van der Waals surface area contributed by atoms with E-state index < -0.39 is 0 Å². The second-order valence-electron chi connectivity index (χ2n) is 5.10. The molecule has 0 saturated heterocycles. The molecule has 0 fully saturated rings. The van der Waals surface area contributed by atoms with Crippen LogP contribution in [0.5, 0.6) is 0 Å². The molecule has 110 valence electrons. The topological polar surface area (TPSA) is 29.3 Å². The van der Waals surface area contributed by atoms with Crippen molar-refractivity contribution in [2.24, 2.45) is 5.73 Å². The number of nitrogens with zero attached hydrogens (tertiary/aromatic N) is 1. The number of hydrogen-bond acceptors (Lipinski definition) is 2. The summed E-state index contributed by atoms with van der Waals surface area (Å²) in [5.74, 6) is 0. The monoisotopic (exact) mass is 362 g/mol. The van der Waals surface area contributed by atoms with E-state index in [1.165, 1.54) is 11.1 Å². The quantitative estimate of drug-likeness (QED) is 0.776. The normalized spacial score (nSPS) is 12.3. The van der Waals surface area contributed by atoms with Gasteiger partial charge in [0.15, 0.2) is 0 Å². The van der Waals surface area contributed by atoms with Gasteiger partial charge in [0.2, 0.25) is 0 Å². The second-order valence-corrected chi connectivity index (χ2v) is 6.48. The minimum absolute atomic E-state index is 0.191. The molecule has 0 aliphatic rings. The van der Waals surface area contributed by atoms with Crippen molar-refractivity contribution < 1.29 is 0 Å². The summed E-state index contributed by atoms with van der Waals surface area (Å²) in [6.07, 6.45) is 0.681. The maximum Gasteiger partial charge on any atom is 0.0746 e. The first-order valence-electron chi connectivity index (χ1n) is 6.85. The average Bonchev–Trinajstić information content (AvgIpc) is 2.48. The highest BCUT2D eigenvalue weighted by molar-refractivity contribution is 9.10. The fraction of sp³-hybridized carbons (Fsp3) is 0.235. The standard InChI is InChI=1S/C17H19BrN2S/c1-20(12-14-9-5-6-10-15(14)18)16(11-17(19)21)13-7-3-2-4-8-13/h2-10,16H,11-12H2,1H3,(H2,19,21). The molecule has 0 amide bonds. The fourth-order valence-electron chi connectivity index (χ4n) is 2.40. The highest BCUT2D eigenvalue weighted by atomic mass is 79.9. The molecule has 2 N–H and O–H groups in total. The third kappa shape index (κ3) is 4.63. The molecule has 0 bridgehead atoms. The predicted octanol–water partition coefficient (Wildman–Crippen LogP) is 4.30. The number of halogens is 1. The van der Waals surface area contributed by atoms with Crippen LogP contribution in [0.25, 0.3) is 0 Å². The Bertz CT molecular complexity index is 601.